The van der Waals surface area contributed by atoms with Crippen LogP contribution in [0.4, 0.5) is 0 Å². The zero-order valence-electron chi connectivity index (χ0n) is 4.53. The van der Waals surface area contributed by atoms with Crippen molar-refractivity contribution in [3.05, 3.63) is 0 Å². The van der Waals surface area contributed by atoms with Gasteiger partial charge in [-0.15, -0.1) is 0 Å². The zero-order chi connectivity index (χ0) is 5.70. The summed E-state index contributed by atoms with van der Waals surface area (Å²) in [6.07, 6.45) is 2.30. The predicted octanol–water partition coefficient (Wildman–Crippen LogP) is 0.514. The van der Waals surface area contributed by atoms with Crippen LogP contribution in [0.1, 0.15) is 26.2 Å². The fourth-order valence-corrected chi connectivity index (χ4v) is 0.337. The highest BCUT2D eigenvalue weighted by molar-refractivity contribution is 5.67. The molecule has 0 saturated heterocycles. The van der Waals surface area contributed by atoms with Crippen LogP contribution < -0.4 is 5.11 Å². The van der Waals surface area contributed by atoms with Crippen molar-refractivity contribution in [1.82, 2.24) is 0 Å². The molecule has 42 valence electrons. The molecule has 0 aliphatic heterocycles. The third-order valence-electron chi connectivity index (χ3n) is 0.757. The first-order chi connectivity index (χ1) is 3.27. The van der Waals surface area contributed by atoms with Gasteiger partial charge in [-0.1, -0.05) is 13.3 Å². The SMILES string of the molecule is CCCCC(=N)[O-]. The molecular formula is C5H10NO-. The highest BCUT2D eigenvalue weighted by Gasteiger charge is 1.77. The summed E-state index contributed by atoms with van der Waals surface area (Å²) in [5.74, 6) is -0.443. The number of nitrogens with one attached hydrogen (secondary N) is 1. The summed E-state index contributed by atoms with van der Waals surface area (Å²) in [5, 5.41) is 16.3. The standard InChI is InChI=1S/C5H11NO/c1-2-3-4-5(6)7/h2-4H2,1H3,(H2,6,7)/p-1. The Morgan fingerprint density at radius 2 is 2.29 bits per heavy atom. The second-order valence-corrected chi connectivity index (χ2v) is 1.53. The summed E-state index contributed by atoms with van der Waals surface area (Å²) in [6, 6.07) is 0. The minimum Gasteiger partial charge on any atom is -0.862 e. The van der Waals surface area contributed by atoms with Gasteiger partial charge in [0.15, 0.2) is 0 Å². The van der Waals surface area contributed by atoms with Crippen LogP contribution in [0.3, 0.4) is 0 Å². The van der Waals surface area contributed by atoms with Gasteiger partial charge in [-0.3, -0.25) is 0 Å². The van der Waals surface area contributed by atoms with Crippen molar-refractivity contribution in [3.8, 4) is 0 Å². The van der Waals surface area contributed by atoms with E-state index in [1.165, 1.54) is 0 Å². The molecule has 1 N–H and O–H groups in total. The second kappa shape index (κ2) is 3.65. The van der Waals surface area contributed by atoms with Crippen LogP contribution in [-0.4, -0.2) is 5.90 Å². The fraction of sp³-hybridized carbons (Fsp3) is 0.800. The largest absolute Gasteiger partial charge is 0.862 e. The second-order valence-electron chi connectivity index (χ2n) is 1.53. The van der Waals surface area contributed by atoms with Gasteiger partial charge < -0.3 is 10.5 Å². The fourth-order valence-electron chi connectivity index (χ4n) is 0.337. The molecule has 0 aromatic rings. The predicted molar refractivity (Wildman–Crippen MR) is 27.3 cm³/mol. The lowest BCUT2D eigenvalue weighted by molar-refractivity contribution is -0.220. The Hall–Kier alpha value is -0.530. The van der Waals surface area contributed by atoms with Gasteiger partial charge in [0.05, 0.1) is 0 Å². The maximum atomic E-state index is 9.87. The summed E-state index contributed by atoms with van der Waals surface area (Å²) < 4.78 is 0. The molecule has 0 heterocycles. The van der Waals surface area contributed by atoms with Crippen LogP contribution in [0.25, 0.3) is 0 Å². The molecule has 0 atom stereocenters. The van der Waals surface area contributed by atoms with Gasteiger partial charge in [-0.05, 0) is 18.7 Å². The van der Waals surface area contributed by atoms with Crippen molar-refractivity contribution in [3.63, 3.8) is 0 Å². The number of hydrogen-bond donors (Lipinski definition) is 1. The van der Waals surface area contributed by atoms with Crippen LogP contribution in [0.2, 0.25) is 0 Å². The van der Waals surface area contributed by atoms with Gasteiger partial charge in [0, 0.05) is 0 Å². The molecule has 0 bridgehead atoms. The zero-order valence-corrected chi connectivity index (χ0v) is 4.53. The van der Waals surface area contributed by atoms with Crippen molar-refractivity contribution in [2.45, 2.75) is 26.2 Å². The van der Waals surface area contributed by atoms with E-state index in [9.17, 15) is 5.11 Å². The van der Waals surface area contributed by atoms with Crippen molar-refractivity contribution < 1.29 is 5.11 Å². The number of unbranched alkanes of at least 4 members (excludes halogenated alkanes) is 1. The van der Waals surface area contributed by atoms with Crippen LogP contribution in [0, 0.1) is 5.41 Å². The van der Waals surface area contributed by atoms with E-state index in [0.717, 1.165) is 12.8 Å². The van der Waals surface area contributed by atoms with Crippen LogP contribution >= 0.6 is 0 Å². The number of hydrogen-bond acceptors (Lipinski definition) is 2. The van der Waals surface area contributed by atoms with E-state index >= 15 is 0 Å². The van der Waals surface area contributed by atoms with Crippen molar-refractivity contribution in [1.29, 1.82) is 5.41 Å². The Morgan fingerprint density at radius 1 is 1.71 bits per heavy atom. The maximum absolute atomic E-state index is 9.87. The summed E-state index contributed by atoms with van der Waals surface area (Å²) in [6.45, 7) is 2.00. The molecule has 0 spiro atoms. The molecule has 0 saturated carbocycles. The molecular weight excluding hydrogens is 90.1 g/mol. The molecule has 0 aliphatic carbocycles. The van der Waals surface area contributed by atoms with Gasteiger partial charge in [-0.2, -0.15) is 0 Å². The summed E-state index contributed by atoms with van der Waals surface area (Å²) >= 11 is 0. The molecule has 0 aliphatic rings. The third-order valence-corrected chi connectivity index (χ3v) is 0.757. The lowest BCUT2D eigenvalue weighted by Gasteiger charge is -2.02. The molecule has 0 radical (unpaired) electrons. The van der Waals surface area contributed by atoms with Gasteiger partial charge in [0.25, 0.3) is 0 Å². The molecule has 2 heteroatoms. The molecule has 0 unspecified atom stereocenters. The molecule has 0 aromatic carbocycles. The maximum Gasteiger partial charge on any atom is -0.0254 e. The van der Waals surface area contributed by atoms with E-state index in [2.05, 4.69) is 0 Å². The van der Waals surface area contributed by atoms with E-state index in [1.807, 2.05) is 6.92 Å². The number of rotatable bonds is 3. The Labute approximate surface area is 43.7 Å². The first-order valence-electron chi connectivity index (χ1n) is 2.51. The van der Waals surface area contributed by atoms with Gasteiger partial charge in [-0.25, -0.2) is 0 Å². The molecule has 0 amide bonds. The van der Waals surface area contributed by atoms with Crippen molar-refractivity contribution in [2.24, 2.45) is 0 Å². The van der Waals surface area contributed by atoms with Crippen molar-refractivity contribution in [2.75, 3.05) is 0 Å². The van der Waals surface area contributed by atoms with Gasteiger partial charge in [0.1, 0.15) is 0 Å². The molecule has 7 heavy (non-hydrogen) atoms. The molecule has 0 rings (SSSR count). The summed E-state index contributed by atoms with van der Waals surface area (Å²) in [5.41, 5.74) is 0. The lowest BCUT2D eigenvalue weighted by atomic mass is 10.2. The lowest BCUT2D eigenvalue weighted by Crippen LogP contribution is -2.14. The van der Waals surface area contributed by atoms with E-state index < -0.39 is 5.90 Å². The smallest absolute Gasteiger partial charge is 0.0254 e. The minimum atomic E-state index is -0.443. The first-order valence-corrected chi connectivity index (χ1v) is 2.51. The van der Waals surface area contributed by atoms with E-state index in [0.29, 0.717) is 6.42 Å². The van der Waals surface area contributed by atoms with E-state index in [-0.39, 0.29) is 0 Å². The summed E-state index contributed by atoms with van der Waals surface area (Å²) in [7, 11) is 0. The quantitative estimate of drug-likeness (QED) is 0.407. The Balaban J connectivity index is 2.82. The first kappa shape index (κ1) is 6.47. The van der Waals surface area contributed by atoms with Gasteiger partial charge >= 0.3 is 0 Å². The molecule has 2 nitrogen and oxygen atoms in total. The van der Waals surface area contributed by atoms with Gasteiger partial charge in [0.2, 0.25) is 0 Å². The van der Waals surface area contributed by atoms with Crippen LogP contribution in [0.15, 0.2) is 0 Å². The average molecular weight is 100 g/mol. The van der Waals surface area contributed by atoms with Crippen LogP contribution in [-0.2, 0) is 0 Å². The molecule has 0 aromatic heterocycles. The minimum absolute atomic E-state index is 0.427. The van der Waals surface area contributed by atoms with Crippen LogP contribution in [0.5, 0.6) is 0 Å². The Morgan fingerprint density at radius 3 is 2.43 bits per heavy atom. The van der Waals surface area contributed by atoms with E-state index in [1.54, 1.807) is 0 Å². The van der Waals surface area contributed by atoms with Crippen molar-refractivity contribution >= 4 is 5.90 Å². The normalized spacial score (nSPS) is 8.71. The highest BCUT2D eigenvalue weighted by atomic mass is 16.3. The third kappa shape index (κ3) is 5.47. The molecule has 0 fully saturated rings. The Kier molecular flexibility index (Phi) is 3.38. The highest BCUT2D eigenvalue weighted by Crippen LogP contribution is 1.90. The monoisotopic (exact) mass is 100 g/mol. The average Bonchev–Trinajstić information content (AvgIpc) is 1.61. The van der Waals surface area contributed by atoms with E-state index in [4.69, 9.17) is 5.41 Å². The Bertz CT molecular complexity index is 61.1. The summed E-state index contributed by atoms with van der Waals surface area (Å²) in [4.78, 5) is 0. The topological polar surface area (TPSA) is 46.9 Å².